The van der Waals surface area contributed by atoms with Gasteiger partial charge in [-0.05, 0) is 17.5 Å². The second kappa shape index (κ2) is 4.04. The van der Waals surface area contributed by atoms with Crippen LogP contribution in [0.4, 0.5) is 13.2 Å². The third kappa shape index (κ3) is 1.71. The first-order valence-electron chi connectivity index (χ1n) is 4.56. The molecule has 88 valence electrons. The van der Waals surface area contributed by atoms with Crippen LogP contribution < -0.4 is 0 Å². The van der Waals surface area contributed by atoms with Crippen LogP contribution >= 0.6 is 0 Å². The quantitative estimate of drug-likeness (QED) is 0.568. The number of carbonyl (C=O) groups excluding carboxylic acids is 1. The monoisotopic (exact) mass is 241 g/mol. The van der Waals surface area contributed by atoms with E-state index in [1.807, 2.05) is 0 Å². The molecule has 0 bridgehead atoms. The summed E-state index contributed by atoms with van der Waals surface area (Å²) in [6, 6.07) is 2.06. The minimum absolute atomic E-state index is 0.0387. The molecule has 0 spiro atoms. The van der Waals surface area contributed by atoms with Crippen LogP contribution in [0, 0.1) is 17.5 Å². The molecule has 0 unspecified atom stereocenters. The normalized spacial score (nSPS) is 10.6. The molecule has 3 nitrogen and oxygen atoms in total. The lowest BCUT2D eigenvalue weighted by molar-refractivity contribution is 0.0596. The Morgan fingerprint density at radius 2 is 2.00 bits per heavy atom. The molecule has 0 atom stereocenters. The summed E-state index contributed by atoms with van der Waals surface area (Å²) in [5.41, 5.74) is -0.388. The SMILES string of the molecule is COC(=O)c1nccc2cc(F)c(F)c(F)c12. The average molecular weight is 241 g/mol. The smallest absolute Gasteiger partial charge is 0.357 e. The number of halogens is 3. The highest BCUT2D eigenvalue weighted by Gasteiger charge is 2.20. The first-order valence-corrected chi connectivity index (χ1v) is 4.56. The van der Waals surface area contributed by atoms with Gasteiger partial charge in [0, 0.05) is 6.20 Å². The van der Waals surface area contributed by atoms with Crippen molar-refractivity contribution in [2.45, 2.75) is 0 Å². The fourth-order valence-corrected chi connectivity index (χ4v) is 1.49. The van der Waals surface area contributed by atoms with E-state index in [0.29, 0.717) is 0 Å². The number of pyridine rings is 1. The van der Waals surface area contributed by atoms with E-state index in [0.717, 1.165) is 13.2 Å². The van der Waals surface area contributed by atoms with Gasteiger partial charge in [0.15, 0.2) is 23.1 Å². The third-order valence-electron chi connectivity index (χ3n) is 2.27. The average Bonchev–Trinajstić information content (AvgIpc) is 2.34. The van der Waals surface area contributed by atoms with Gasteiger partial charge in [-0.2, -0.15) is 0 Å². The Kier molecular flexibility index (Phi) is 2.71. The lowest BCUT2D eigenvalue weighted by atomic mass is 10.1. The zero-order valence-electron chi connectivity index (χ0n) is 8.63. The maximum atomic E-state index is 13.6. The first kappa shape index (κ1) is 11.4. The Hall–Kier alpha value is -2.11. The standard InChI is InChI=1S/C11H6F3NO2/c1-17-11(16)10-7-5(2-3-15-10)4-6(12)8(13)9(7)14/h2-4H,1H3. The van der Waals surface area contributed by atoms with Gasteiger partial charge in [-0.1, -0.05) is 0 Å². The van der Waals surface area contributed by atoms with E-state index in [9.17, 15) is 18.0 Å². The van der Waals surface area contributed by atoms with E-state index in [4.69, 9.17) is 0 Å². The van der Waals surface area contributed by atoms with Crippen LogP contribution in [0.5, 0.6) is 0 Å². The molecule has 0 N–H and O–H groups in total. The second-order valence-electron chi connectivity index (χ2n) is 3.24. The number of hydrogen-bond donors (Lipinski definition) is 0. The zero-order chi connectivity index (χ0) is 12.6. The summed E-state index contributed by atoms with van der Waals surface area (Å²) in [6.07, 6.45) is 1.19. The van der Waals surface area contributed by atoms with Crippen molar-refractivity contribution in [2.24, 2.45) is 0 Å². The highest BCUT2D eigenvalue weighted by Crippen LogP contribution is 2.25. The van der Waals surface area contributed by atoms with Gasteiger partial charge < -0.3 is 4.74 Å². The molecule has 1 aromatic carbocycles. The van der Waals surface area contributed by atoms with E-state index >= 15 is 0 Å². The molecular formula is C11H6F3NO2. The largest absolute Gasteiger partial charge is 0.464 e. The molecular weight excluding hydrogens is 235 g/mol. The molecule has 0 aliphatic rings. The molecule has 1 heterocycles. The number of benzene rings is 1. The highest BCUT2D eigenvalue weighted by molar-refractivity contribution is 6.02. The van der Waals surface area contributed by atoms with Crippen molar-refractivity contribution in [2.75, 3.05) is 7.11 Å². The molecule has 6 heteroatoms. The predicted octanol–water partition coefficient (Wildman–Crippen LogP) is 2.44. The van der Waals surface area contributed by atoms with E-state index in [1.54, 1.807) is 0 Å². The van der Waals surface area contributed by atoms with Crippen LogP contribution in [-0.2, 0) is 4.74 Å². The minimum atomic E-state index is -1.64. The molecule has 1 aromatic heterocycles. The molecule has 0 aliphatic carbocycles. The number of aromatic nitrogens is 1. The van der Waals surface area contributed by atoms with Crippen LogP contribution in [-0.4, -0.2) is 18.1 Å². The highest BCUT2D eigenvalue weighted by atomic mass is 19.2. The van der Waals surface area contributed by atoms with Gasteiger partial charge in [-0.15, -0.1) is 0 Å². The number of esters is 1. The van der Waals surface area contributed by atoms with Gasteiger partial charge in [0.05, 0.1) is 12.5 Å². The summed E-state index contributed by atoms with van der Waals surface area (Å²) < 4.78 is 44.0. The van der Waals surface area contributed by atoms with Gasteiger partial charge in [-0.25, -0.2) is 22.9 Å². The van der Waals surface area contributed by atoms with Crippen LogP contribution in [0.3, 0.4) is 0 Å². The Labute approximate surface area is 93.8 Å². The van der Waals surface area contributed by atoms with Crippen LogP contribution in [0.1, 0.15) is 10.5 Å². The molecule has 2 aromatic rings. The van der Waals surface area contributed by atoms with Gasteiger partial charge >= 0.3 is 5.97 Å². The van der Waals surface area contributed by atoms with Crippen molar-refractivity contribution in [1.29, 1.82) is 0 Å². The zero-order valence-corrected chi connectivity index (χ0v) is 8.63. The number of rotatable bonds is 1. The third-order valence-corrected chi connectivity index (χ3v) is 2.27. The number of fused-ring (bicyclic) bond motifs is 1. The summed E-state index contributed by atoms with van der Waals surface area (Å²) in [4.78, 5) is 14.9. The van der Waals surface area contributed by atoms with Crippen molar-refractivity contribution >= 4 is 16.7 Å². The number of nitrogens with zero attached hydrogens (tertiary/aromatic N) is 1. The van der Waals surface area contributed by atoms with Gasteiger partial charge in [-0.3, -0.25) is 0 Å². The van der Waals surface area contributed by atoms with Crippen molar-refractivity contribution < 1.29 is 22.7 Å². The Morgan fingerprint density at radius 3 is 2.65 bits per heavy atom. The Morgan fingerprint density at radius 1 is 1.29 bits per heavy atom. The molecule has 0 radical (unpaired) electrons. The second-order valence-corrected chi connectivity index (χ2v) is 3.24. The summed E-state index contributed by atoms with van der Waals surface area (Å²) >= 11 is 0. The number of hydrogen-bond acceptors (Lipinski definition) is 3. The van der Waals surface area contributed by atoms with Crippen molar-refractivity contribution in [3.8, 4) is 0 Å². The van der Waals surface area contributed by atoms with Crippen molar-refractivity contribution in [3.05, 3.63) is 41.5 Å². The summed E-state index contributed by atoms with van der Waals surface area (Å²) in [5.74, 6) is -5.33. The molecule has 0 fully saturated rings. The van der Waals surface area contributed by atoms with Gasteiger partial charge in [0.25, 0.3) is 0 Å². The van der Waals surface area contributed by atoms with E-state index in [-0.39, 0.29) is 11.1 Å². The predicted molar refractivity (Wildman–Crippen MR) is 53.0 cm³/mol. The summed E-state index contributed by atoms with van der Waals surface area (Å²) in [6.45, 7) is 0. The number of methoxy groups -OCH3 is 1. The number of ether oxygens (including phenoxy) is 1. The van der Waals surface area contributed by atoms with Crippen LogP contribution in [0.2, 0.25) is 0 Å². The molecule has 17 heavy (non-hydrogen) atoms. The lowest BCUT2D eigenvalue weighted by Crippen LogP contribution is -2.07. The van der Waals surface area contributed by atoms with Crippen molar-refractivity contribution in [3.63, 3.8) is 0 Å². The molecule has 0 aliphatic heterocycles. The molecule has 0 amide bonds. The fourth-order valence-electron chi connectivity index (χ4n) is 1.49. The summed E-state index contributed by atoms with van der Waals surface area (Å²) in [7, 11) is 1.08. The van der Waals surface area contributed by atoms with E-state index in [1.165, 1.54) is 12.3 Å². The molecule has 0 saturated carbocycles. The first-order chi connectivity index (χ1) is 8.06. The minimum Gasteiger partial charge on any atom is -0.464 e. The molecule has 0 saturated heterocycles. The molecule has 2 rings (SSSR count). The van der Waals surface area contributed by atoms with Gasteiger partial charge in [0.1, 0.15) is 0 Å². The maximum absolute atomic E-state index is 13.6. The number of carbonyl (C=O) groups is 1. The topological polar surface area (TPSA) is 39.2 Å². The van der Waals surface area contributed by atoms with Crippen LogP contribution in [0.15, 0.2) is 18.3 Å². The fraction of sp³-hybridized carbons (Fsp3) is 0.0909. The Bertz CT molecular complexity index is 613. The van der Waals surface area contributed by atoms with E-state index < -0.39 is 28.8 Å². The van der Waals surface area contributed by atoms with E-state index in [2.05, 4.69) is 9.72 Å². The summed E-state index contributed by atoms with van der Waals surface area (Å²) in [5, 5.41) is -0.352. The Balaban J connectivity index is 2.88. The van der Waals surface area contributed by atoms with Gasteiger partial charge in [0.2, 0.25) is 0 Å². The van der Waals surface area contributed by atoms with Crippen molar-refractivity contribution in [1.82, 2.24) is 4.98 Å². The van der Waals surface area contributed by atoms with Crippen LogP contribution in [0.25, 0.3) is 10.8 Å². The maximum Gasteiger partial charge on any atom is 0.357 e. The lowest BCUT2D eigenvalue weighted by Gasteiger charge is -2.06.